The zero-order chi connectivity index (χ0) is 19.6. The Morgan fingerprint density at radius 2 is 1.89 bits per heavy atom. The molecule has 0 radical (unpaired) electrons. The minimum absolute atomic E-state index is 0.145. The van der Waals surface area contributed by atoms with Gasteiger partial charge >= 0.3 is 5.97 Å². The van der Waals surface area contributed by atoms with E-state index >= 15 is 0 Å². The van der Waals surface area contributed by atoms with Gasteiger partial charge in [0.05, 0.1) is 12.6 Å². The van der Waals surface area contributed by atoms with E-state index in [4.69, 9.17) is 21.1 Å². The average molecular weight is 390 g/mol. The quantitative estimate of drug-likeness (QED) is 0.515. The summed E-state index contributed by atoms with van der Waals surface area (Å²) in [6, 6.07) is 14.8. The largest absolute Gasteiger partial charge is 0.494 e. The smallest absolute Gasteiger partial charge is 0.306 e. The maximum atomic E-state index is 11.9. The SMILES string of the molecule is Cc1cc(OCCCC(=O)OCC(=O)N[C@@H](C)c2ccccc2)ccc1Cl. The Hall–Kier alpha value is -2.53. The minimum atomic E-state index is -0.423. The predicted octanol–water partition coefficient (Wildman–Crippen LogP) is 4.23. The van der Waals surface area contributed by atoms with Crippen molar-refractivity contribution in [2.45, 2.75) is 32.7 Å². The van der Waals surface area contributed by atoms with Crippen LogP contribution in [0.2, 0.25) is 5.02 Å². The molecule has 144 valence electrons. The molecular formula is C21H24ClNO4. The molecule has 0 aliphatic heterocycles. The van der Waals surface area contributed by atoms with Crippen molar-refractivity contribution in [3.8, 4) is 5.75 Å². The summed E-state index contributed by atoms with van der Waals surface area (Å²) in [4.78, 5) is 23.6. The first-order valence-corrected chi connectivity index (χ1v) is 9.22. The Balaban J connectivity index is 1.61. The van der Waals surface area contributed by atoms with Crippen molar-refractivity contribution in [1.29, 1.82) is 0 Å². The number of amides is 1. The number of carbonyl (C=O) groups is 2. The first-order valence-electron chi connectivity index (χ1n) is 8.84. The molecule has 2 rings (SSSR count). The molecule has 6 heteroatoms. The van der Waals surface area contributed by atoms with Crippen LogP contribution in [0.15, 0.2) is 48.5 Å². The van der Waals surface area contributed by atoms with E-state index in [1.54, 1.807) is 12.1 Å². The molecule has 0 unspecified atom stereocenters. The van der Waals surface area contributed by atoms with Gasteiger partial charge in [-0.05, 0) is 49.6 Å². The van der Waals surface area contributed by atoms with E-state index in [9.17, 15) is 9.59 Å². The lowest BCUT2D eigenvalue weighted by atomic mass is 10.1. The maximum absolute atomic E-state index is 11.9. The van der Waals surface area contributed by atoms with E-state index in [2.05, 4.69) is 5.32 Å². The summed E-state index contributed by atoms with van der Waals surface area (Å²) in [5, 5.41) is 3.48. The molecule has 2 aromatic carbocycles. The zero-order valence-electron chi connectivity index (χ0n) is 15.5. The number of ether oxygens (including phenoxy) is 2. The lowest BCUT2D eigenvalue weighted by Crippen LogP contribution is -2.31. The highest BCUT2D eigenvalue weighted by Gasteiger charge is 2.11. The number of benzene rings is 2. The van der Waals surface area contributed by atoms with Crippen LogP contribution in [0.4, 0.5) is 0 Å². The number of hydrogen-bond donors (Lipinski definition) is 1. The van der Waals surface area contributed by atoms with E-state index in [1.165, 1.54) is 0 Å². The van der Waals surface area contributed by atoms with Crippen LogP contribution >= 0.6 is 11.6 Å². The van der Waals surface area contributed by atoms with Gasteiger partial charge in [-0.15, -0.1) is 0 Å². The third kappa shape index (κ3) is 7.31. The van der Waals surface area contributed by atoms with Crippen molar-refractivity contribution in [2.75, 3.05) is 13.2 Å². The molecule has 0 aliphatic carbocycles. The first-order chi connectivity index (χ1) is 13.0. The molecule has 0 aromatic heterocycles. The molecule has 0 heterocycles. The molecule has 0 spiro atoms. The molecule has 0 bridgehead atoms. The van der Waals surface area contributed by atoms with Gasteiger partial charge in [0.1, 0.15) is 5.75 Å². The molecule has 0 fully saturated rings. The summed E-state index contributed by atoms with van der Waals surface area (Å²) in [6.07, 6.45) is 0.691. The van der Waals surface area contributed by atoms with Crippen molar-refractivity contribution in [3.05, 3.63) is 64.7 Å². The lowest BCUT2D eigenvalue weighted by molar-refractivity contribution is -0.148. The molecule has 0 saturated carbocycles. The van der Waals surface area contributed by atoms with Gasteiger partial charge in [0.25, 0.3) is 5.91 Å². The molecule has 1 atom stereocenters. The fraction of sp³-hybridized carbons (Fsp3) is 0.333. The van der Waals surface area contributed by atoms with Crippen LogP contribution in [-0.2, 0) is 14.3 Å². The molecule has 2 aromatic rings. The Labute approximate surface area is 164 Å². The predicted molar refractivity (Wildman–Crippen MR) is 105 cm³/mol. The summed E-state index contributed by atoms with van der Waals surface area (Å²) >= 11 is 5.96. The number of aryl methyl sites for hydroxylation is 1. The first kappa shape index (κ1) is 20.8. The third-order valence-corrected chi connectivity index (χ3v) is 4.39. The standard InChI is InChI=1S/C21H24ClNO4/c1-15-13-18(10-11-19(15)22)26-12-6-9-21(25)27-14-20(24)23-16(2)17-7-4-3-5-8-17/h3-5,7-8,10-11,13,16H,6,9,12,14H2,1-2H3,(H,23,24)/t16-/m0/s1. The Kier molecular flexibility index (Phi) is 8.14. The fourth-order valence-corrected chi connectivity index (χ4v) is 2.56. The number of esters is 1. The summed E-state index contributed by atoms with van der Waals surface area (Å²) < 4.78 is 10.6. The van der Waals surface area contributed by atoms with Gasteiger partial charge in [0.2, 0.25) is 0 Å². The monoisotopic (exact) mass is 389 g/mol. The summed E-state index contributed by atoms with van der Waals surface area (Å²) in [5.74, 6) is -0.0412. The van der Waals surface area contributed by atoms with Gasteiger partial charge < -0.3 is 14.8 Å². The molecule has 5 nitrogen and oxygen atoms in total. The fourth-order valence-electron chi connectivity index (χ4n) is 2.44. The van der Waals surface area contributed by atoms with Gasteiger partial charge in [-0.3, -0.25) is 9.59 Å². The number of hydrogen-bond acceptors (Lipinski definition) is 4. The average Bonchev–Trinajstić information content (AvgIpc) is 2.67. The molecule has 1 amide bonds. The second-order valence-corrected chi connectivity index (χ2v) is 6.63. The van der Waals surface area contributed by atoms with Gasteiger partial charge in [-0.25, -0.2) is 0 Å². The van der Waals surface area contributed by atoms with Crippen LogP contribution in [0, 0.1) is 6.92 Å². The molecule has 1 N–H and O–H groups in total. The van der Waals surface area contributed by atoms with Crippen LogP contribution < -0.4 is 10.1 Å². The summed E-state index contributed by atoms with van der Waals surface area (Å²) in [5.41, 5.74) is 1.93. The highest BCUT2D eigenvalue weighted by molar-refractivity contribution is 6.31. The summed E-state index contributed by atoms with van der Waals surface area (Å²) in [6.45, 7) is 3.88. The highest BCUT2D eigenvalue weighted by atomic mass is 35.5. The van der Waals surface area contributed by atoms with Gasteiger partial charge in [0, 0.05) is 11.4 Å². The van der Waals surface area contributed by atoms with E-state index < -0.39 is 5.97 Å². The van der Waals surface area contributed by atoms with Crippen LogP contribution in [0.5, 0.6) is 5.75 Å². The molecule has 0 aliphatic rings. The second-order valence-electron chi connectivity index (χ2n) is 6.22. The van der Waals surface area contributed by atoms with Crippen molar-refractivity contribution in [1.82, 2.24) is 5.32 Å². The highest BCUT2D eigenvalue weighted by Crippen LogP contribution is 2.21. The topological polar surface area (TPSA) is 64.6 Å². The number of nitrogens with one attached hydrogen (secondary N) is 1. The Morgan fingerprint density at radius 1 is 1.15 bits per heavy atom. The van der Waals surface area contributed by atoms with Gasteiger partial charge in [0.15, 0.2) is 6.61 Å². The Morgan fingerprint density at radius 3 is 2.59 bits per heavy atom. The van der Waals surface area contributed by atoms with E-state index in [1.807, 2.05) is 50.2 Å². The van der Waals surface area contributed by atoms with Crippen molar-refractivity contribution in [3.63, 3.8) is 0 Å². The molecular weight excluding hydrogens is 366 g/mol. The molecule has 0 saturated heterocycles. The van der Waals surface area contributed by atoms with Crippen LogP contribution in [-0.4, -0.2) is 25.1 Å². The van der Waals surface area contributed by atoms with Crippen molar-refractivity contribution >= 4 is 23.5 Å². The van der Waals surface area contributed by atoms with Crippen molar-refractivity contribution in [2.24, 2.45) is 0 Å². The van der Waals surface area contributed by atoms with E-state index in [-0.39, 0.29) is 25.0 Å². The number of carbonyl (C=O) groups excluding carboxylic acids is 2. The van der Waals surface area contributed by atoms with Crippen LogP contribution in [0.1, 0.15) is 36.9 Å². The van der Waals surface area contributed by atoms with Gasteiger partial charge in [-0.1, -0.05) is 41.9 Å². The molecule has 27 heavy (non-hydrogen) atoms. The summed E-state index contributed by atoms with van der Waals surface area (Å²) in [7, 11) is 0. The van der Waals surface area contributed by atoms with E-state index in [0.29, 0.717) is 23.8 Å². The lowest BCUT2D eigenvalue weighted by Gasteiger charge is -2.14. The Bertz CT molecular complexity index is 764. The van der Waals surface area contributed by atoms with Crippen LogP contribution in [0.25, 0.3) is 0 Å². The normalized spacial score (nSPS) is 11.5. The zero-order valence-corrected chi connectivity index (χ0v) is 16.3. The maximum Gasteiger partial charge on any atom is 0.306 e. The number of rotatable bonds is 9. The minimum Gasteiger partial charge on any atom is -0.494 e. The van der Waals surface area contributed by atoms with E-state index in [0.717, 1.165) is 11.1 Å². The second kappa shape index (κ2) is 10.6. The third-order valence-electron chi connectivity index (χ3n) is 3.96. The van der Waals surface area contributed by atoms with Gasteiger partial charge in [-0.2, -0.15) is 0 Å². The number of halogens is 1. The van der Waals surface area contributed by atoms with Crippen molar-refractivity contribution < 1.29 is 19.1 Å². The van der Waals surface area contributed by atoms with Crippen LogP contribution in [0.3, 0.4) is 0 Å².